The Morgan fingerprint density at radius 3 is 2.42 bits per heavy atom. The van der Waals surface area contributed by atoms with Gasteiger partial charge in [0.1, 0.15) is 12.0 Å². The van der Waals surface area contributed by atoms with E-state index in [0.717, 1.165) is 18.6 Å². The van der Waals surface area contributed by atoms with Crippen LogP contribution in [0.3, 0.4) is 0 Å². The van der Waals surface area contributed by atoms with Crippen molar-refractivity contribution in [1.82, 2.24) is 10.2 Å². The number of carbonyl (C=O) groups excluding carboxylic acids is 2. The van der Waals surface area contributed by atoms with Crippen LogP contribution in [0.25, 0.3) is 0 Å². The molecule has 6 heteroatoms. The van der Waals surface area contributed by atoms with Gasteiger partial charge in [-0.2, -0.15) is 0 Å². The Hall–Kier alpha value is -2.76. The molecule has 126 valence electrons. The largest absolute Gasteiger partial charge is 0.497 e. The van der Waals surface area contributed by atoms with Gasteiger partial charge in [0.25, 0.3) is 11.8 Å². The molecule has 0 bridgehead atoms. The molecule has 0 saturated carbocycles. The summed E-state index contributed by atoms with van der Waals surface area (Å²) in [5.41, 5.74) is 1.17. The molecule has 0 spiro atoms. The summed E-state index contributed by atoms with van der Waals surface area (Å²) in [5, 5.41) is 3.03. The van der Waals surface area contributed by atoms with Crippen molar-refractivity contribution in [1.29, 1.82) is 0 Å². The minimum atomic E-state index is -0.0998. The summed E-state index contributed by atoms with van der Waals surface area (Å²) in [6.07, 6.45) is 4.44. The number of rotatable bonds is 4. The fourth-order valence-electron chi connectivity index (χ4n) is 2.81. The molecule has 1 aromatic carbocycles. The van der Waals surface area contributed by atoms with E-state index in [1.54, 1.807) is 42.3 Å². The van der Waals surface area contributed by atoms with E-state index in [4.69, 9.17) is 9.15 Å². The van der Waals surface area contributed by atoms with Crippen LogP contribution in [0.1, 0.15) is 33.6 Å². The summed E-state index contributed by atoms with van der Waals surface area (Å²) in [5.74, 6) is 0.596. The summed E-state index contributed by atoms with van der Waals surface area (Å²) in [4.78, 5) is 26.3. The number of hydrogen-bond acceptors (Lipinski definition) is 4. The second kappa shape index (κ2) is 7.21. The highest BCUT2D eigenvalue weighted by Gasteiger charge is 2.25. The predicted octanol–water partition coefficient (Wildman–Crippen LogP) is 2.32. The Morgan fingerprint density at radius 1 is 1.12 bits per heavy atom. The van der Waals surface area contributed by atoms with Gasteiger partial charge in [-0.1, -0.05) is 0 Å². The number of piperidine rings is 1. The van der Waals surface area contributed by atoms with E-state index in [1.807, 2.05) is 0 Å². The number of nitrogens with one attached hydrogen (secondary N) is 1. The van der Waals surface area contributed by atoms with Gasteiger partial charge in [0.15, 0.2) is 0 Å². The molecular weight excluding hydrogens is 308 g/mol. The molecule has 0 atom stereocenters. The third kappa shape index (κ3) is 3.59. The quantitative estimate of drug-likeness (QED) is 0.935. The smallest absolute Gasteiger partial charge is 0.257 e. The molecule has 0 aliphatic carbocycles. The minimum absolute atomic E-state index is 0.0244. The van der Waals surface area contributed by atoms with E-state index in [-0.39, 0.29) is 17.9 Å². The molecule has 2 amide bonds. The van der Waals surface area contributed by atoms with E-state index in [2.05, 4.69) is 5.32 Å². The minimum Gasteiger partial charge on any atom is -0.497 e. The van der Waals surface area contributed by atoms with E-state index < -0.39 is 0 Å². The van der Waals surface area contributed by atoms with Crippen molar-refractivity contribution < 1.29 is 18.7 Å². The molecule has 2 aromatic rings. The lowest BCUT2D eigenvalue weighted by atomic mass is 10.0. The van der Waals surface area contributed by atoms with Gasteiger partial charge in [-0.3, -0.25) is 9.59 Å². The Balaban J connectivity index is 1.51. The van der Waals surface area contributed by atoms with Crippen LogP contribution < -0.4 is 10.1 Å². The fraction of sp³-hybridized carbons (Fsp3) is 0.333. The van der Waals surface area contributed by atoms with Crippen molar-refractivity contribution in [3.63, 3.8) is 0 Å². The molecule has 1 N–H and O–H groups in total. The highest BCUT2D eigenvalue weighted by atomic mass is 16.5. The van der Waals surface area contributed by atoms with Crippen molar-refractivity contribution in [3.8, 4) is 5.75 Å². The second-order valence-corrected chi connectivity index (χ2v) is 5.78. The van der Waals surface area contributed by atoms with Crippen LogP contribution in [0, 0.1) is 0 Å². The number of methoxy groups -OCH3 is 1. The third-order valence-corrected chi connectivity index (χ3v) is 4.24. The van der Waals surface area contributed by atoms with Gasteiger partial charge in [0.2, 0.25) is 0 Å². The summed E-state index contributed by atoms with van der Waals surface area (Å²) in [7, 11) is 1.59. The van der Waals surface area contributed by atoms with Crippen LogP contribution in [0.4, 0.5) is 0 Å². The van der Waals surface area contributed by atoms with Gasteiger partial charge in [-0.25, -0.2) is 0 Å². The number of likely N-dealkylation sites (tertiary alicyclic amines) is 1. The first kappa shape index (κ1) is 16.1. The first-order valence-corrected chi connectivity index (χ1v) is 7.94. The first-order valence-electron chi connectivity index (χ1n) is 7.94. The Bertz CT molecular complexity index is 686. The van der Waals surface area contributed by atoms with Crippen LogP contribution in [0.2, 0.25) is 0 Å². The van der Waals surface area contributed by atoms with Crippen LogP contribution in [-0.2, 0) is 0 Å². The van der Waals surface area contributed by atoms with E-state index in [1.165, 1.54) is 12.5 Å². The summed E-state index contributed by atoms with van der Waals surface area (Å²) in [6, 6.07) is 8.76. The van der Waals surface area contributed by atoms with Crippen molar-refractivity contribution in [2.45, 2.75) is 18.9 Å². The van der Waals surface area contributed by atoms with Gasteiger partial charge in [0.05, 0.1) is 18.9 Å². The molecule has 2 heterocycles. The van der Waals surface area contributed by atoms with Crippen molar-refractivity contribution in [2.75, 3.05) is 20.2 Å². The van der Waals surface area contributed by atoms with E-state index in [9.17, 15) is 9.59 Å². The molecule has 1 fully saturated rings. The lowest BCUT2D eigenvalue weighted by Gasteiger charge is -2.32. The van der Waals surface area contributed by atoms with Gasteiger partial charge in [0, 0.05) is 24.7 Å². The molecule has 1 aromatic heterocycles. The van der Waals surface area contributed by atoms with Crippen LogP contribution in [0.15, 0.2) is 47.3 Å². The van der Waals surface area contributed by atoms with Crippen molar-refractivity contribution >= 4 is 11.8 Å². The molecule has 1 aliphatic rings. The number of hydrogen-bond donors (Lipinski definition) is 1. The fourth-order valence-corrected chi connectivity index (χ4v) is 2.81. The molecule has 6 nitrogen and oxygen atoms in total. The molecule has 0 radical (unpaired) electrons. The SMILES string of the molecule is COc1ccc(C(=O)NC2CCN(C(=O)c3ccoc3)CC2)cc1. The van der Waals surface area contributed by atoms with Crippen LogP contribution in [0.5, 0.6) is 5.75 Å². The Morgan fingerprint density at radius 2 is 1.83 bits per heavy atom. The lowest BCUT2D eigenvalue weighted by molar-refractivity contribution is 0.0697. The lowest BCUT2D eigenvalue weighted by Crippen LogP contribution is -2.46. The summed E-state index contributed by atoms with van der Waals surface area (Å²) < 4.78 is 10.0. The molecule has 1 aliphatic heterocycles. The van der Waals surface area contributed by atoms with Gasteiger partial charge < -0.3 is 19.4 Å². The van der Waals surface area contributed by atoms with E-state index >= 15 is 0 Å². The number of furan rings is 1. The maximum atomic E-state index is 12.3. The predicted molar refractivity (Wildman–Crippen MR) is 88.1 cm³/mol. The van der Waals surface area contributed by atoms with Crippen LogP contribution in [-0.4, -0.2) is 43.0 Å². The standard InChI is InChI=1S/C18H20N2O4/c1-23-16-4-2-13(3-5-16)17(21)19-15-6-9-20(10-7-15)18(22)14-8-11-24-12-14/h2-5,8,11-12,15H,6-7,9-10H2,1H3,(H,19,21). The average Bonchev–Trinajstić information content (AvgIpc) is 3.16. The monoisotopic (exact) mass is 328 g/mol. The zero-order valence-corrected chi connectivity index (χ0v) is 13.5. The first-order chi connectivity index (χ1) is 11.7. The van der Waals surface area contributed by atoms with Gasteiger partial charge in [-0.15, -0.1) is 0 Å². The van der Waals surface area contributed by atoms with Crippen LogP contribution >= 0.6 is 0 Å². The molecule has 0 unspecified atom stereocenters. The highest BCUT2D eigenvalue weighted by Crippen LogP contribution is 2.16. The topological polar surface area (TPSA) is 71.8 Å². The number of carbonyl (C=O) groups is 2. The Labute approximate surface area is 140 Å². The molecular formula is C18H20N2O4. The highest BCUT2D eigenvalue weighted by molar-refractivity contribution is 5.95. The van der Waals surface area contributed by atoms with Crippen molar-refractivity contribution in [3.05, 3.63) is 54.0 Å². The molecule has 3 rings (SSSR count). The van der Waals surface area contributed by atoms with E-state index in [0.29, 0.717) is 24.2 Å². The number of benzene rings is 1. The second-order valence-electron chi connectivity index (χ2n) is 5.78. The van der Waals surface area contributed by atoms with Gasteiger partial charge >= 0.3 is 0 Å². The summed E-state index contributed by atoms with van der Waals surface area (Å²) >= 11 is 0. The zero-order valence-electron chi connectivity index (χ0n) is 13.5. The third-order valence-electron chi connectivity index (χ3n) is 4.24. The molecule has 24 heavy (non-hydrogen) atoms. The number of nitrogens with zero attached hydrogens (tertiary/aromatic N) is 1. The number of ether oxygens (including phenoxy) is 1. The number of amides is 2. The molecule has 1 saturated heterocycles. The average molecular weight is 328 g/mol. The normalized spacial score (nSPS) is 15.1. The zero-order chi connectivity index (χ0) is 16.9. The van der Waals surface area contributed by atoms with Crippen molar-refractivity contribution in [2.24, 2.45) is 0 Å². The maximum absolute atomic E-state index is 12.3. The van der Waals surface area contributed by atoms with Gasteiger partial charge in [-0.05, 0) is 43.2 Å². The summed E-state index contributed by atoms with van der Waals surface area (Å²) in [6.45, 7) is 1.25. The Kier molecular flexibility index (Phi) is 4.84. The maximum Gasteiger partial charge on any atom is 0.257 e.